The number of Topliss-reactive ketones (excluding diaryl/α,β-unsaturated/α-hetero) is 1. The van der Waals surface area contributed by atoms with E-state index in [1.54, 1.807) is 17.2 Å². The van der Waals surface area contributed by atoms with E-state index in [0.717, 1.165) is 16.7 Å². The molecule has 2 aromatic carbocycles. The predicted molar refractivity (Wildman–Crippen MR) is 130 cm³/mol. The predicted octanol–water partition coefficient (Wildman–Crippen LogP) is 4.60. The summed E-state index contributed by atoms with van der Waals surface area (Å²) < 4.78 is 6.69. The molecule has 1 aliphatic carbocycles. The molecular formula is C29H23N3O3. The van der Waals surface area contributed by atoms with Crippen molar-refractivity contribution in [2.45, 2.75) is 37.3 Å². The van der Waals surface area contributed by atoms with Gasteiger partial charge in [-0.1, -0.05) is 60.7 Å². The van der Waals surface area contributed by atoms with Crippen LogP contribution in [0.3, 0.4) is 0 Å². The molecule has 172 valence electrons. The van der Waals surface area contributed by atoms with Gasteiger partial charge in [-0.25, -0.2) is 4.98 Å². The summed E-state index contributed by atoms with van der Waals surface area (Å²) in [6, 6.07) is 23.4. The Morgan fingerprint density at radius 3 is 2.69 bits per heavy atom. The van der Waals surface area contributed by atoms with E-state index in [4.69, 9.17) is 4.74 Å². The van der Waals surface area contributed by atoms with Gasteiger partial charge in [-0.3, -0.25) is 14.5 Å². The average molecular weight is 462 g/mol. The highest BCUT2D eigenvalue weighted by atomic mass is 16.5. The molecule has 0 saturated carbocycles. The highest BCUT2D eigenvalue weighted by molar-refractivity contribution is 6.12. The minimum atomic E-state index is -1.41. The van der Waals surface area contributed by atoms with E-state index in [1.165, 1.54) is 6.92 Å². The molecule has 6 nitrogen and oxygen atoms in total. The third-order valence-electron chi connectivity index (χ3n) is 7.50. The number of aromatic nitrogens is 1. The van der Waals surface area contributed by atoms with Crippen LogP contribution in [0.25, 0.3) is 5.57 Å². The molecule has 1 spiro atoms. The van der Waals surface area contributed by atoms with Crippen LogP contribution in [0.5, 0.6) is 5.75 Å². The Balaban J connectivity index is 1.63. The Morgan fingerprint density at radius 2 is 1.91 bits per heavy atom. The normalized spacial score (nSPS) is 25.8. The first-order chi connectivity index (χ1) is 17.0. The molecule has 1 amide bonds. The lowest BCUT2D eigenvalue weighted by molar-refractivity contribution is -0.134. The van der Waals surface area contributed by atoms with Crippen molar-refractivity contribution in [1.29, 1.82) is 5.26 Å². The van der Waals surface area contributed by atoms with Crippen molar-refractivity contribution in [2.75, 3.05) is 4.90 Å². The first-order valence-corrected chi connectivity index (χ1v) is 11.7. The van der Waals surface area contributed by atoms with Gasteiger partial charge in [0.2, 0.25) is 5.91 Å². The molecule has 0 radical (unpaired) electrons. The lowest BCUT2D eigenvalue weighted by atomic mass is 9.53. The summed E-state index contributed by atoms with van der Waals surface area (Å²) in [5.74, 6) is 0.0573. The van der Waals surface area contributed by atoms with Crippen molar-refractivity contribution in [1.82, 2.24) is 4.98 Å². The summed E-state index contributed by atoms with van der Waals surface area (Å²) >= 11 is 0. The van der Waals surface area contributed by atoms with Crippen LogP contribution < -0.4 is 9.64 Å². The van der Waals surface area contributed by atoms with Crippen molar-refractivity contribution in [3.63, 3.8) is 0 Å². The molecule has 6 heteroatoms. The Hall–Kier alpha value is -4.24. The van der Waals surface area contributed by atoms with Gasteiger partial charge in [-0.15, -0.1) is 0 Å². The number of nitrogens with zero attached hydrogens (tertiary/aromatic N) is 3. The number of allylic oxidation sites excluding steroid dienone is 1. The summed E-state index contributed by atoms with van der Waals surface area (Å²) in [5, 5.41) is 10.4. The maximum atomic E-state index is 14.7. The van der Waals surface area contributed by atoms with Crippen molar-refractivity contribution < 1.29 is 14.3 Å². The molecule has 6 rings (SSSR count). The number of ether oxygens (including phenoxy) is 1. The number of ketones is 1. The van der Waals surface area contributed by atoms with Crippen molar-refractivity contribution in [3.8, 4) is 11.8 Å². The highest BCUT2D eigenvalue weighted by Crippen LogP contribution is 2.64. The van der Waals surface area contributed by atoms with Crippen LogP contribution in [-0.2, 0) is 21.5 Å². The fraction of sp³-hybridized carbons (Fsp3) is 0.241. The van der Waals surface area contributed by atoms with E-state index in [2.05, 4.69) is 11.1 Å². The lowest BCUT2D eigenvalue weighted by Gasteiger charge is -2.49. The average Bonchev–Trinajstić information content (AvgIpc) is 3.32. The number of rotatable bonds is 4. The standard InChI is InChI=1S/C29H23N3O3/c1-19(33)16-28-23(22-10-5-6-12-25(22)35-28)14-13-21(17-30)29(28)24-11-7-15-31-26(24)32(27(29)34)18-20-8-3-2-4-9-20/h2-12,14-15,21H,13,16,18H2,1H3/t21-,28-,29?/m1/s1. The lowest BCUT2D eigenvalue weighted by Crippen LogP contribution is -2.65. The van der Waals surface area contributed by atoms with Gasteiger partial charge in [0, 0.05) is 22.9 Å². The number of para-hydroxylation sites is 1. The van der Waals surface area contributed by atoms with Crippen molar-refractivity contribution in [3.05, 3.63) is 95.7 Å². The van der Waals surface area contributed by atoms with E-state index in [0.29, 0.717) is 30.1 Å². The molecule has 0 N–H and O–H groups in total. The molecule has 1 unspecified atom stereocenters. The number of amides is 1. The van der Waals surface area contributed by atoms with Crippen molar-refractivity contribution in [2.24, 2.45) is 5.92 Å². The van der Waals surface area contributed by atoms with Gasteiger partial charge in [-0.05, 0) is 31.0 Å². The zero-order valence-electron chi connectivity index (χ0n) is 19.3. The van der Waals surface area contributed by atoms with E-state index in [9.17, 15) is 14.9 Å². The van der Waals surface area contributed by atoms with E-state index < -0.39 is 16.9 Å². The van der Waals surface area contributed by atoms with Crippen LogP contribution in [-0.4, -0.2) is 22.3 Å². The van der Waals surface area contributed by atoms with Gasteiger partial charge in [0.25, 0.3) is 0 Å². The summed E-state index contributed by atoms with van der Waals surface area (Å²) in [6.45, 7) is 1.82. The first kappa shape index (κ1) is 21.3. The second kappa shape index (κ2) is 7.64. The molecular weight excluding hydrogens is 438 g/mol. The topological polar surface area (TPSA) is 83.3 Å². The first-order valence-electron chi connectivity index (χ1n) is 11.7. The molecule has 0 saturated heterocycles. The van der Waals surface area contributed by atoms with E-state index >= 15 is 0 Å². The second-order valence-corrected chi connectivity index (χ2v) is 9.40. The Kier molecular flexibility index (Phi) is 4.65. The fourth-order valence-electron chi connectivity index (χ4n) is 6.25. The minimum absolute atomic E-state index is 0.0229. The Labute approximate surface area is 203 Å². The maximum Gasteiger partial charge on any atom is 0.245 e. The van der Waals surface area contributed by atoms with Crippen LogP contribution in [0, 0.1) is 17.2 Å². The second-order valence-electron chi connectivity index (χ2n) is 9.40. The molecule has 2 aliphatic heterocycles. The van der Waals surface area contributed by atoms with Crippen LogP contribution >= 0.6 is 0 Å². The number of anilines is 1. The largest absolute Gasteiger partial charge is 0.480 e. The molecule has 35 heavy (non-hydrogen) atoms. The van der Waals surface area contributed by atoms with Gasteiger partial charge >= 0.3 is 0 Å². The van der Waals surface area contributed by atoms with Crippen LogP contribution in [0.4, 0.5) is 5.82 Å². The quantitative estimate of drug-likeness (QED) is 0.567. The molecule has 3 heterocycles. The van der Waals surface area contributed by atoms with Crippen molar-refractivity contribution >= 4 is 23.1 Å². The monoisotopic (exact) mass is 461 g/mol. The van der Waals surface area contributed by atoms with Gasteiger partial charge in [-0.2, -0.15) is 5.26 Å². The molecule has 0 fully saturated rings. The number of pyridine rings is 1. The minimum Gasteiger partial charge on any atom is -0.480 e. The number of fused-ring (bicyclic) bond motifs is 6. The van der Waals surface area contributed by atoms with Gasteiger partial charge in [0.05, 0.1) is 25.0 Å². The molecule has 0 bridgehead atoms. The van der Waals surface area contributed by atoms with Crippen LogP contribution in [0.15, 0.2) is 79.0 Å². The Morgan fingerprint density at radius 1 is 1.14 bits per heavy atom. The number of nitriles is 1. The zero-order chi connectivity index (χ0) is 24.2. The van der Waals surface area contributed by atoms with Gasteiger partial charge in [0.1, 0.15) is 22.8 Å². The molecule has 3 aromatic rings. The number of carbonyl (C=O) groups is 2. The third kappa shape index (κ3) is 2.72. The highest BCUT2D eigenvalue weighted by Gasteiger charge is 2.73. The number of hydrogen-bond donors (Lipinski definition) is 0. The zero-order valence-corrected chi connectivity index (χ0v) is 19.3. The summed E-state index contributed by atoms with van der Waals surface area (Å²) in [7, 11) is 0. The maximum absolute atomic E-state index is 14.7. The summed E-state index contributed by atoms with van der Waals surface area (Å²) in [5.41, 5.74) is 0.526. The van der Waals surface area contributed by atoms with Crippen LogP contribution in [0.1, 0.15) is 36.5 Å². The smallest absolute Gasteiger partial charge is 0.245 e. The summed E-state index contributed by atoms with van der Waals surface area (Å²) in [6.07, 6.45) is 4.00. The van der Waals surface area contributed by atoms with Gasteiger partial charge in [0.15, 0.2) is 5.60 Å². The molecule has 3 aliphatic rings. The molecule has 1 aromatic heterocycles. The number of benzene rings is 2. The SMILES string of the molecule is CC(=O)C[C@@]12Oc3ccccc3C1=CC[C@H](C#N)C21C(=O)N(Cc2ccccc2)c2ncccc21. The van der Waals surface area contributed by atoms with E-state index in [-0.39, 0.29) is 18.1 Å². The van der Waals surface area contributed by atoms with E-state index in [1.807, 2.05) is 66.7 Å². The molecule has 3 atom stereocenters. The fourth-order valence-corrected chi connectivity index (χ4v) is 6.25. The Bertz CT molecular complexity index is 1440. The summed E-state index contributed by atoms with van der Waals surface area (Å²) in [4.78, 5) is 33.8. The van der Waals surface area contributed by atoms with Crippen LogP contribution in [0.2, 0.25) is 0 Å². The number of hydrogen-bond acceptors (Lipinski definition) is 5. The number of carbonyl (C=O) groups excluding carboxylic acids is 2. The third-order valence-corrected chi connectivity index (χ3v) is 7.50. The van der Waals surface area contributed by atoms with Gasteiger partial charge < -0.3 is 4.74 Å².